The summed E-state index contributed by atoms with van der Waals surface area (Å²) in [5, 5.41) is 2.76. The van der Waals surface area contributed by atoms with Gasteiger partial charge >= 0.3 is 0 Å². The van der Waals surface area contributed by atoms with Crippen LogP contribution in [-0.2, 0) is 4.79 Å². The molecule has 2 heteroatoms. The van der Waals surface area contributed by atoms with Gasteiger partial charge in [0.15, 0.2) is 0 Å². The Morgan fingerprint density at radius 2 is 2.25 bits per heavy atom. The van der Waals surface area contributed by atoms with Crippen LogP contribution in [0.1, 0.15) is 39.0 Å². The van der Waals surface area contributed by atoms with Crippen LogP contribution < -0.4 is 5.32 Å². The molecule has 0 bridgehead atoms. The fourth-order valence-corrected chi connectivity index (χ4v) is 0.898. The average Bonchev–Trinajstić information content (AvgIpc) is 2.06. The lowest BCUT2D eigenvalue weighted by molar-refractivity contribution is -0.121. The number of carbonyl (C=O) groups excluding carboxylic acids is 1. The molecule has 0 aromatic rings. The number of unbranched alkanes of at least 4 members (excludes halogenated alkanes) is 2. The summed E-state index contributed by atoms with van der Waals surface area (Å²) in [5.41, 5.74) is 0. The molecule has 0 radical (unpaired) electrons. The van der Waals surface area contributed by atoms with E-state index in [0.717, 1.165) is 19.3 Å². The van der Waals surface area contributed by atoms with Gasteiger partial charge in [-0.15, -0.1) is 12.3 Å². The van der Waals surface area contributed by atoms with Gasteiger partial charge in [0.2, 0.25) is 5.91 Å². The van der Waals surface area contributed by atoms with E-state index in [9.17, 15) is 4.79 Å². The van der Waals surface area contributed by atoms with Crippen molar-refractivity contribution in [3.63, 3.8) is 0 Å². The maximum atomic E-state index is 11.0. The molecular weight excluding hydrogens is 150 g/mol. The normalized spacial score (nSPS) is 9.00. The molecule has 68 valence electrons. The van der Waals surface area contributed by atoms with E-state index in [-0.39, 0.29) is 5.91 Å². The Balaban J connectivity index is 3.17. The van der Waals surface area contributed by atoms with Gasteiger partial charge in [-0.1, -0.05) is 19.8 Å². The lowest BCUT2D eigenvalue weighted by Gasteiger charge is -2.01. The molecule has 0 heterocycles. The first-order chi connectivity index (χ1) is 5.81. The molecule has 0 atom stereocenters. The SMILES string of the molecule is C#CCCNC(=O)CCCCC. The molecule has 0 aliphatic rings. The highest BCUT2D eigenvalue weighted by Crippen LogP contribution is 1.97. The monoisotopic (exact) mass is 167 g/mol. The molecule has 0 aromatic carbocycles. The number of hydrogen-bond acceptors (Lipinski definition) is 1. The first-order valence-corrected chi connectivity index (χ1v) is 4.51. The van der Waals surface area contributed by atoms with E-state index < -0.39 is 0 Å². The first-order valence-electron chi connectivity index (χ1n) is 4.51. The van der Waals surface area contributed by atoms with E-state index >= 15 is 0 Å². The molecule has 1 amide bonds. The van der Waals surface area contributed by atoms with Crippen molar-refractivity contribution in [3.8, 4) is 12.3 Å². The van der Waals surface area contributed by atoms with Crippen LogP contribution >= 0.6 is 0 Å². The minimum atomic E-state index is 0.124. The maximum absolute atomic E-state index is 11.0. The topological polar surface area (TPSA) is 29.1 Å². The summed E-state index contributed by atoms with van der Waals surface area (Å²) in [7, 11) is 0. The minimum absolute atomic E-state index is 0.124. The van der Waals surface area contributed by atoms with Crippen molar-refractivity contribution >= 4 is 5.91 Å². The molecule has 0 rings (SSSR count). The predicted octanol–water partition coefficient (Wildman–Crippen LogP) is 1.71. The number of hydrogen-bond donors (Lipinski definition) is 1. The quantitative estimate of drug-likeness (QED) is 0.473. The molecule has 12 heavy (non-hydrogen) atoms. The fraction of sp³-hybridized carbons (Fsp3) is 0.700. The van der Waals surface area contributed by atoms with Crippen molar-refractivity contribution in [2.75, 3.05) is 6.54 Å². The molecule has 0 unspecified atom stereocenters. The number of terminal acetylenes is 1. The Morgan fingerprint density at radius 1 is 1.50 bits per heavy atom. The number of carbonyl (C=O) groups is 1. The Kier molecular flexibility index (Phi) is 7.47. The summed E-state index contributed by atoms with van der Waals surface area (Å²) < 4.78 is 0. The van der Waals surface area contributed by atoms with Crippen molar-refractivity contribution in [1.82, 2.24) is 5.32 Å². The highest BCUT2D eigenvalue weighted by Gasteiger charge is 1.97. The lowest BCUT2D eigenvalue weighted by Crippen LogP contribution is -2.23. The summed E-state index contributed by atoms with van der Waals surface area (Å²) in [6.45, 7) is 2.73. The van der Waals surface area contributed by atoms with Crippen LogP contribution in [0.25, 0.3) is 0 Å². The van der Waals surface area contributed by atoms with Crippen LogP contribution in [0.5, 0.6) is 0 Å². The Labute approximate surface area is 74.7 Å². The molecule has 0 aromatic heterocycles. The maximum Gasteiger partial charge on any atom is 0.220 e. The molecule has 2 nitrogen and oxygen atoms in total. The zero-order chi connectivity index (χ0) is 9.23. The Hall–Kier alpha value is -0.970. The van der Waals surface area contributed by atoms with Gasteiger partial charge in [0.25, 0.3) is 0 Å². The second kappa shape index (κ2) is 8.13. The van der Waals surface area contributed by atoms with Gasteiger partial charge in [-0.3, -0.25) is 4.79 Å². The van der Waals surface area contributed by atoms with Gasteiger partial charge in [0.1, 0.15) is 0 Å². The van der Waals surface area contributed by atoms with Crippen LogP contribution in [0.2, 0.25) is 0 Å². The van der Waals surface area contributed by atoms with E-state index in [2.05, 4.69) is 18.2 Å². The van der Waals surface area contributed by atoms with E-state index in [4.69, 9.17) is 6.42 Å². The molecule has 0 aliphatic carbocycles. The zero-order valence-electron chi connectivity index (χ0n) is 7.73. The van der Waals surface area contributed by atoms with Crippen molar-refractivity contribution in [3.05, 3.63) is 0 Å². The van der Waals surface area contributed by atoms with Crippen molar-refractivity contribution in [2.45, 2.75) is 39.0 Å². The van der Waals surface area contributed by atoms with Gasteiger partial charge < -0.3 is 5.32 Å². The highest BCUT2D eigenvalue weighted by atomic mass is 16.1. The standard InChI is InChI=1S/C10H17NO/c1-3-5-7-8-10(12)11-9-6-4-2/h2H,3,5-9H2,1H3,(H,11,12). The lowest BCUT2D eigenvalue weighted by atomic mass is 10.2. The van der Waals surface area contributed by atoms with Crippen LogP contribution in [-0.4, -0.2) is 12.5 Å². The van der Waals surface area contributed by atoms with Gasteiger partial charge in [0.05, 0.1) is 0 Å². The number of nitrogens with one attached hydrogen (secondary N) is 1. The van der Waals surface area contributed by atoms with Crippen molar-refractivity contribution in [1.29, 1.82) is 0 Å². The van der Waals surface area contributed by atoms with E-state index in [0.29, 0.717) is 19.4 Å². The highest BCUT2D eigenvalue weighted by molar-refractivity contribution is 5.75. The summed E-state index contributed by atoms with van der Waals surface area (Å²) >= 11 is 0. The smallest absolute Gasteiger partial charge is 0.220 e. The van der Waals surface area contributed by atoms with Crippen LogP contribution in [0.15, 0.2) is 0 Å². The van der Waals surface area contributed by atoms with Crippen LogP contribution in [0, 0.1) is 12.3 Å². The fourth-order valence-electron chi connectivity index (χ4n) is 0.898. The van der Waals surface area contributed by atoms with Gasteiger partial charge in [-0.05, 0) is 6.42 Å². The van der Waals surface area contributed by atoms with E-state index in [1.807, 2.05) is 0 Å². The number of rotatable bonds is 6. The summed E-state index contributed by atoms with van der Waals surface area (Å²) in [4.78, 5) is 11.0. The largest absolute Gasteiger partial charge is 0.355 e. The molecule has 0 saturated carbocycles. The van der Waals surface area contributed by atoms with Gasteiger partial charge in [-0.25, -0.2) is 0 Å². The average molecular weight is 167 g/mol. The van der Waals surface area contributed by atoms with Gasteiger partial charge in [-0.2, -0.15) is 0 Å². The molecular formula is C10H17NO. The molecule has 0 aliphatic heterocycles. The molecule has 0 saturated heterocycles. The minimum Gasteiger partial charge on any atom is -0.355 e. The predicted molar refractivity (Wildman–Crippen MR) is 50.6 cm³/mol. The van der Waals surface area contributed by atoms with Crippen LogP contribution in [0.4, 0.5) is 0 Å². The van der Waals surface area contributed by atoms with Gasteiger partial charge in [0, 0.05) is 19.4 Å². The molecule has 0 fully saturated rings. The third-order valence-corrected chi connectivity index (χ3v) is 1.60. The first kappa shape index (κ1) is 11.0. The third-order valence-electron chi connectivity index (χ3n) is 1.60. The van der Waals surface area contributed by atoms with Crippen LogP contribution in [0.3, 0.4) is 0 Å². The zero-order valence-corrected chi connectivity index (χ0v) is 7.73. The second-order valence-electron chi connectivity index (χ2n) is 2.76. The molecule has 1 N–H and O–H groups in total. The van der Waals surface area contributed by atoms with Crippen molar-refractivity contribution < 1.29 is 4.79 Å². The Morgan fingerprint density at radius 3 is 2.83 bits per heavy atom. The summed E-state index contributed by atoms with van der Waals surface area (Å²) in [6.07, 6.45) is 9.56. The number of amides is 1. The third kappa shape index (κ3) is 7.14. The second-order valence-corrected chi connectivity index (χ2v) is 2.76. The molecule has 0 spiro atoms. The summed E-state index contributed by atoms with van der Waals surface area (Å²) in [6, 6.07) is 0. The van der Waals surface area contributed by atoms with E-state index in [1.54, 1.807) is 0 Å². The summed E-state index contributed by atoms with van der Waals surface area (Å²) in [5.74, 6) is 2.60. The van der Waals surface area contributed by atoms with E-state index in [1.165, 1.54) is 0 Å². The Bertz CT molecular complexity index is 158. The van der Waals surface area contributed by atoms with Crippen molar-refractivity contribution in [2.24, 2.45) is 0 Å².